The number of carbonyl (C=O) groups is 1. The highest BCUT2D eigenvalue weighted by atomic mass is 16.1. The van der Waals surface area contributed by atoms with Crippen LogP contribution in [0.3, 0.4) is 0 Å². The van der Waals surface area contributed by atoms with Gasteiger partial charge in [0.1, 0.15) is 12.7 Å². The third-order valence-corrected chi connectivity index (χ3v) is 1.64. The Bertz CT molecular complexity index is 445. The largest absolute Gasteiger partial charge is 0.290 e. The fourth-order valence-electron chi connectivity index (χ4n) is 0.975. The van der Waals surface area contributed by atoms with Gasteiger partial charge in [0.25, 0.3) is 5.91 Å². The molecule has 0 bridgehead atoms. The molecule has 0 unspecified atom stereocenters. The minimum Gasteiger partial charge on any atom is -0.290 e. The first kappa shape index (κ1) is 9.20. The van der Waals surface area contributed by atoms with Crippen molar-refractivity contribution in [3.05, 3.63) is 42.7 Å². The Morgan fingerprint density at radius 1 is 1.20 bits per heavy atom. The number of nitrogens with one attached hydrogen (secondary N) is 1. The van der Waals surface area contributed by atoms with Gasteiger partial charge in [-0.2, -0.15) is 0 Å². The molecule has 15 heavy (non-hydrogen) atoms. The van der Waals surface area contributed by atoms with Crippen LogP contribution < -0.4 is 5.32 Å². The van der Waals surface area contributed by atoms with E-state index in [-0.39, 0.29) is 11.9 Å². The van der Waals surface area contributed by atoms with Crippen LogP contribution >= 0.6 is 0 Å². The second-order valence-electron chi connectivity index (χ2n) is 2.66. The minimum absolute atomic E-state index is 0.221. The fourth-order valence-corrected chi connectivity index (χ4v) is 0.975. The van der Waals surface area contributed by atoms with Crippen LogP contribution in [-0.2, 0) is 0 Å². The van der Waals surface area contributed by atoms with Crippen LogP contribution in [0.4, 0.5) is 5.95 Å². The highest BCUT2D eigenvalue weighted by Gasteiger charge is 2.06. The Kier molecular flexibility index (Phi) is 2.59. The van der Waals surface area contributed by atoms with Crippen LogP contribution in [-0.4, -0.2) is 25.8 Å². The molecule has 0 atom stereocenters. The highest BCUT2D eigenvalue weighted by Crippen LogP contribution is 2.00. The molecule has 6 nitrogen and oxygen atoms in total. The van der Waals surface area contributed by atoms with Crippen molar-refractivity contribution in [3.63, 3.8) is 0 Å². The van der Waals surface area contributed by atoms with Gasteiger partial charge in [-0.3, -0.25) is 15.1 Å². The van der Waals surface area contributed by atoms with Gasteiger partial charge in [-0.25, -0.2) is 15.0 Å². The van der Waals surface area contributed by atoms with E-state index in [0.29, 0.717) is 5.56 Å². The zero-order valence-corrected chi connectivity index (χ0v) is 7.66. The molecule has 0 saturated carbocycles. The lowest BCUT2D eigenvalue weighted by Crippen LogP contribution is -2.14. The molecule has 0 fully saturated rings. The van der Waals surface area contributed by atoms with E-state index in [0.717, 1.165) is 0 Å². The van der Waals surface area contributed by atoms with Crippen molar-refractivity contribution in [1.29, 1.82) is 0 Å². The van der Waals surface area contributed by atoms with Gasteiger partial charge in [0, 0.05) is 12.4 Å². The summed E-state index contributed by atoms with van der Waals surface area (Å²) < 4.78 is 0. The highest BCUT2D eigenvalue weighted by molar-refractivity contribution is 6.02. The van der Waals surface area contributed by atoms with Crippen molar-refractivity contribution in [2.45, 2.75) is 0 Å². The van der Waals surface area contributed by atoms with Gasteiger partial charge in [-0.05, 0) is 12.1 Å². The van der Waals surface area contributed by atoms with E-state index >= 15 is 0 Å². The van der Waals surface area contributed by atoms with E-state index in [1.165, 1.54) is 18.9 Å². The maximum absolute atomic E-state index is 11.6. The van der Waals surface area contributed by atoms with Crippen LogP contribution in [0.25, 0.3) is 0 Å². The Labute approximate surface area is 85.4 Å². The van der Waals surface area contributed by atoms with Crippen molar-refractivity contribution < 1.29 is 4.79 Å². The fraction of sp³-hybridized carbons (Fsp3) is 0. The summed E-state index contributed by atoms with van der Waals surface area (Å²) in [4.78, 5) is 26.6. The summed E-state index contributed by atoms with van der Waals surface area (Å²) >= 11 is 0. The molecule has 2 rings (SSSR count). The summed E-state index contributed by atoms with van der Waals surface area (Å²) in [6.45, 7) is 0. The first-order valence-corrected chi connectivity index (χ1v) is 4.19. The predicted molar refractivity (Wildman–Crippen MR) is 52.0 cm³/mol. The van der Waals surface area contributed by atoms with E-state index in [1.807, 2.05) is 0 Å². The first-order chi connectivity index (χ1) is 7.36. The second-order valence-corrected chi connectivity index (χ2v) is 2.66. The SMILES string of the molecule is O=C(Nc1ncncn1)c1cccnc1. The minimum atomic E-state index is -0.297. The van der Waals surface area contributed by atoms with Gasteiger partial charge in [0.05, 0.1) is 5.56 Å². The van der Waals surface area contributed by atoms with E-state index in [9.17, 15) is 4.79 Å². The number of pyridine rings is 1. The summed E-state index contributed by atoms with van der Waals surface area (Å²) in [6.07, 6.45) is 5.69. The van der Waals surface area contributed by atoms with Crippen molar-refractivity contribution in [1.82, 2.24) is 19.9 Å². The van der Waals surface area contributed by atoms with Crippen molar-refractivity contribution in [2.75, 3.05) is 5.32 Å². The number of amides is 1. The predicted octanol–water partition coefficient (Wildman–Crippen LogP) is 0.519. The molecule has 2 heterocycles. The molecule has 6 heteroatoms. The standard InChI is InChI=1S/C9H7N5O/c15-8(7-2-1-3-10-4-7)14-9-12-5-11-6-13-9/h1-6H,(H,11,12,13,14,15). The average molecular weight is 201 g/mol. The molecule has 0 aliphatic carbocycles. The molecule has 0 radical (unpaired) electrons. The van der Waals surface area contributed by atoms with Gasteiger partial charge in [-0.1, -0.05) is 0 Å². The second kappa shape index (κ2) is 4.23. The number of nitrogens with zero attached hydrogens (tertiary/aromatic N) is 4. The molecular formula is C9H7N5O. The average Bonchev–Trinajstić information content (AvgIpc) is 2.31. The maximum Gasteiger partial charge on any atom is 0.259 e. The summed E-state index contributed by atoms with van der Waals surface area (Å²) in [5.41, 5.74) is 0.456. The molecule has 0 spiro atoms. The van der Waals surface area contributed by atoms with Crippen LogP contribution in [0, 0.1) is 0 Å². The van der Waals surface area contributed by atoms with E-state index in [2.05, 4.69) is 25.3 Å². The molecule has 0 saturated heterocycles. The number of anilines is 1. The van der Waals surface area contributed by atoms with Crippen LogP contribution in [0.15, 0.2) is 37.2 Å². The number of carbonyl (C=O) groups excluding carboxylic acids is 1. The van der Waals surface area contributed by atoms with Gasteiger partial charge in [0.2, 0.25) is 5.95 Å². The molecule has 0 aromatic carbocycles. The van der Waals surface area contributed by atoms with Crippen LogP contribution in [0.1, 0.15) is 10.4 Å². The Balaban J connectivity index is 2.12. The van der Waals surface area contributed by atoms with Crippen molar-refractivity contribution in [3.8, 4) is 0 Å². The van der Waals surface area contributed by atoms with Gasteiger partial charge in [0.15, 0.2) is 0 Å². The van der Waals surface area contributed by atoms with Gasteiger partial charge < -0.3 is 0 Å². The third kappa shape index (κ3) is 2.31. The number of hydrogen-bond donors (Lipinski definition) is 1. The molecule has 2 aromatic heterocycles. The lowest BCUT2D eigenvalue weighted by Gasteiger charge is -2.01. The van der Waals surface area contributed by atoms with Crippen LogP contribution in [0.5, 0.6) is 0 Å². The number of aromatic nitrogens is 4. The Morgan fingerprint density at radius 3 is 2.67 bits per heavy atom. The zero-order valence-electron chi connectivity index (χ0n) is 7.66. The molecule has 1 N–H and O–H groups in total. The van der Waals surface area contributed by atoms with E-state index in [1.54, 1.807) is 18.3 Å². The van der Waals surface area contributed by atoms with Crippen molar-refractivity contribution in [2.24, 2.45) is 0 Å². The summed E-state index contributed by atoms with van der Waals surface area (Å²) in [6, 6.07) is 3.34. The normalized spacial score (nSPS) is 9.60. The van der Waals surface area contributed by atoms with Gasteiger partial charge >= 0.3 is 0 Å². The topological polar surface area (TPSA) is 80.7 Å². The Morgan fingerprint density at radius 2 is 2.00 bits per heavy atom. The number of rotatable bonds is 2. The molecule has 0 aliphatic heterocycles. The van der Waals surface area contributed by atoms with E-state index in [4.69, 9.17) is 0 Å². The maximum atomic E-state index is 11.6. The molecule has 2 aromatic rings. The Hall–Kier alpha value is -2.37. The molecule has 74 valence electrons. The molecule has 1 amide bonds. The third-order valence-electron chi connectivity index (χ3n) is 1.64. The first-order valence-electron chi connectivity index (χ1n) is 4.19. The lowest BCUT2D eigenvalue weighted by atomic mass is 10.3. The summed E-state index contributed by atoms with van der Waals surface area (Å²) in [5.74, 6) is -0.0758. The number of hydrogen-bond acceptors (Lipinski definition) is 5. The molecule has 0 aliphatic rings. The quantitative estimate of drug-likeness (QED) is 0.766. The summed E-state index contributed by atoms with van der Waals surface area (Å²) in [5, 5.41) is 2.52. The van der Waals surface area contributed by atoms with Crippen molar-refractivity contribution >= 4 is 11.9 Å². The summed E-state index contributed by atoms with van der Waals surface area (Å²) in [7, 11) is 0. The zero-order chi connectivity index (χ0) is 10.5. The monoisotopic (exact) mass is 201 g/mol. The van der Waals surface area contributed by atoms with E-state index < -0.39 is 0 Å². The van der Waals surface area contributed by atoms with Gasteiger partial charge in [-0.15, -0.1) is 0 Å². The van der Waals surface area contributed by atoms with Crippen LogP contribution in [0.2, 0.25) is 0 Å². The smallest absolute Gasteiger partial charge is 0.259 e. The molecular weight excluding hydrogens is 194 g/mol. The lowest BCUT2D eigenvalue weighted by molar-refractivity contribution is 0.102.